The van der Waals surface area contributed by atoms with Crippen LogP contribution in [0.3, 0.4) is 0 Å². The Labute approximate surface area is 112 Å². The summed E-state index contributed by atoms with van der Waals surface area (Å²) in [7, 11) is 0. The summed E-state index contributed by atoms with van der Waals surface area (Å²) in [6.45, 7) is -1.77. The van der Waals surface area contributed by atoms with Crippen molar-refractivity contribution in [1.29, 1.82) is 0 Å². The predicted octanol–water partition coefficient (Wildman–Crippen LogP) is 3.83. The van der Waals surface area contributed by atoms with E-state index in [0.717, 1.165) is 13.0 Å². The molecule has 1 heterocycles. The van der Waals surface area contributed by atoms with Gasteiger partial charge in [-0.05, 0) is 25.5 Å². The van der Waals surface area contributed by atoms with E-state index in [9.17, 15) is 8.78 Å². The number of rotatable bonds is 4. The van der Waals surface area contributed by atoms with Gasteiger partial charge in [0.25, 0.3) is 0 Å². The molecule has 0 bridgehead atoms. The van der Waals surface area contributed by atoms with Gasteiger partial charge in [0.05, 0.1) is 0 Å². The zero-order valence-electron chi connectivity index (χ0n) is 10.8. The number of alkyl halides is 2. The largest absolute Gasteiger partial charge is 0.434 e. The molecule has 2 nitrogen and oxygen atoms in total. The molecule has 0 amide bonds. The minimum atomic E-state index is -2.79. The van der Waals surface area contributed by atoms with Crippen LogP contribution in [0.15, 0.2) is 30.3 Å². The van der Waals surface area contributed by atoms with Crippen LogP contribution in [-0.2, 0) is 0 Å². The van der Waals surface area contributed by atoms with Gasteiger partial charge in [-0.3, -0.25) is 0 Å². The number of hydrogen-bond acceptors (Lipinski definition) is 2. The van der Waals surface area contributed by atoms with Gasteiger partial charge in [0.1, 0.15) is 5.75 Å². The summed E-state index contributed by atoms with van der Waals surface area (Å²) in [5, 5.41) is 3.44. The maximum absolute atomic E-state index is 12.3. The summed E-state index contributed by atoms with van der Waals surface area (Å²) in [4.78, 5) is 0. The van der Waals surface area contributed by atoms with Gasteiger partial charge in [0, 0.05) is 11.6 Å². The van der Waals surface area contributed by atoms with Crippen LogP contribution in [-0.4, -0.2) is 19.2 Å². The van der Waals surface area contributed by atoms with E-state index < -0.39 is 6.61 Å². The van der Waals surface area contributed by atoms with Crippen molar-refractivity contribution in [2.75, 3.05) is 6.54 Å². The monoisotopic (exact) mass is 267 g/mol. The molecule has 1 N–H and O–H groups in total. The third kappa shape index (κ3) is 4.63. The number of hydrogen-bond donors (Lipinski definition) is 1. The summed E-state index contributed by atoms with van der Waals surface area (Å²) >= 11 is 0. The quantitative estimate of drug-likeness (QED) is 0.895. The van der Waals surface area contributed by atoms with Crippen molar-refractivity contribution in [2.24, 2.45) is 0 Å². The van der Waals surface area contributed by atoms with Crippen LogP contribution >= 0.6 is 0 Å². The second-order valence-electron chi connectivity index (χ2n) is 4.69. The average molecular weight is 267 g/mol. The Hall–Kier alpha value is -1.42. The third-order valence-electron chi connectivity index (χ3n) is 3.24. The van der Waals surface area contributed by atoms with E-state index in [1.54, 1.807) is 18.2 Å². The molecule has 1 aromatic carbocycles. The van der Waals surface area contributed by atoms with E-state index in [0.29, 0.717) is 11.6 Å². The fourth-order valence-electron chi connectivity index (χ4n) is 2.26. The van der Waals surface area contributed by atoms with Crippen molar-refractivity contribution in [1.82, 2.24) is 5.32 Å². The van der Waals surface area contributed by atoms with E-state index in [1.807, 2.05) is 18.2 Å². The minimum Gasteiger partial charge on any atom is -0.434 e. The van der Waals surface area contributed by atoms with Crippen molar-refractivity contribution in [3.05, 3.63) is 35.9 Å². The predicted molar refractivity (Wildman–Crippen MR) is 72.4 cm³/mol. The van der Waals surface area contributed by atoms with Crippen LogP contribution in [0.4, 0.5) is 8.78 Å². The first-order valence-electron chi connectivity index (χ1n) is 6.71. The van der Waals surface area contributed by atoms with E-state index in [-0.39, 0.29) is 5.75 Å². The van der Waals surface area contributed by atoms with E-state index in [1.165, 1.54) is 19.3 Å². The molecule has 1 aromatic rings. The van der Waals surface area contributed by atoms with Crippen molar-refractivity contribution < 1.29 is 13.5 Å². The standard InChI is InChI=1S/C15H19F2NO/c16-15(17)19-14-8-4-3-6-12(14)9-10-13-7-2-1-5-11-18-13/h3-4,6,8-10,13,15,18H,1-2,5,7,11H2/b10-9+. The fourth-order valence-corrected chi connectivity index (χ4v) is 2.26. The Bertz CT molecular complexity index is 412. The Morgan fingerprint density at radius 3 is 2.89 bits per heavy atom. The van der Waals surface area contributed by atoms with Crippen LogP contribution in [0, 0.1) is 0 Å². The van der Waals surface area contributed by atoms with E-state index in [2.05, 4.69) is 10.1 Å². The van der Waals surface area contributed by atoms with Crippen molar-refractivity contribution in [3.63, 3.8) is 0 Å². The number of para-hydroxylation sites is 1. The first kappa shape index (κ1) is 14.0. The molecule has 1 aliphatic heterocycles. The van der Waals surface area contributed by atoms with Crippen LogP contribution in [0.2, 0.25) is 0 Å². The Morgan fingerprint density at radius 2 is 2.05 bits per heavy atom. The van der Waals surface area contributed by atoms with Crippen molar-refractivity contribution in [3.8, 4) is 5.75 Å². The molecular formula is C15H19F2NO. The van der Waals surface area contributed by atoms with Gasteiger partial charge in [0.2, 0.25) is 0 Å². The molecule has 0 radical (unpaired) electrons. The van der Waals surface area contributed by atoms with E-state index >= 15 is 0 Å². The first-order chi connectivity index (χ1) is 9.25. The lowest BCUT2D eigenvalue weighted by Gasteiger charge is -2.11. The fraction of sp³-hybridized carbons (Fsp3) is 0.467. The smallest absolute Gasteiger partial charge is 0.387 e. The van der Waals surface area contributed by atoms with Crippen LogP contribution in [0.5, 0.6) is 5.75 Å². The highest BCUT2D eigenvalue weighted by Crippen LogP contribution is 2.22. The lowest BCUT2D eigenvalue weighted by molar-refractivity contribution is -0.0499. The molecule has 0 saturated carbocycles. The van der Waals surface area contributed by atoms with Crippen LogP contribution in [0.25, 0.3) is 6.08 Å². The van der Waals surface area contributed by atoms with Gasteiger partial charge >= 0.3 is 6.61 Å². The van der Waals surface area contributed by atoms with Crippen molar-refractivity contribution in [2.45, 2.75) is 38.3 Å². The highest BCUT2D eigenvalue weighted by molar-refractivity contribution is 5.57. The van der Waals surface area contributed by atoms with Crippen molar-refractivity contribution >= 4 is 6.08 Å². The highest BCUT2D eigenvalue weighted by Gasteiger charge is 2.09. The zero-order chi connectivity index (χ0) is 13.5. The number of nitrogens with one attached hydrogen (secondary N) is 1. The van der Waals surface area contributed by atoms with Gasteiger partial charge in [-0.1, -0.05) is 43.2 Å². The molecule has 1 fully saturated rings. The lowest BCUT2D eigenvalue weighted by Crippen LogP contribution is -2.25. The Morgan fingerprint density at radius 1 is 1.21 bits per heavy atom. The molecule has 1 aliphatic rings. The molecule has 0 aromatic heterocycles. The Kier molecular flexibility index (Phi) is 5.33. The SMILES string of the molecule is FC(F)Oc1ccccc1/C=C/C1CCCCCN1. The van der Waals surface area contributed by atoms with Gasteiger partial charge in [-0.2, -0.15) is 8.78 Å². The molecule has 4 heteroatoms. The second-order valence-corrected chi connectivity index (χ2v) is 4.69. The average Bonchev–Trinajstić information content (AvgIpc) is 2.65. The summed E-state index contributed by atoms with van der Waals surface area (Å²) < 4.78 is 29.1. The summed E-state index contributed by atoms with van der Waals surface area (Å²) in [6.07, 6.45) is 8.66. The molecule has 2 rings (SSSR count). The molecule has 19 heavy (non-hydrogen) atoms. The number of benzene rings is 1. The molecule has 1 atom stereocenters. The molecule has 0 spiro atoms. The summed E-state index contributed by atoms with van der Waals surface area (Å²) in [5.74, 6) is 0.224. The summed E-state index contributed by atoms with van der Waals surface area (Å²) in [6, 6.07) is 7.18. The van der Waals surface area contributed by atoms with E-state index in [4.69, 9.17) is 0 Å². The number of ether oxygens (including phenoxy) is 1. The van der Waals surface area contributed by atoms with Gasteiger partial charge in [-0.25, -0.2) is 0 Å². The maximum Gasteiger partial charge on any atom is 0.387 e. The number of halogens is 2. The first-order valence-corrected chi connectivity index (χ1v) is 6.71. The minimum absolute atomic E-state index is 0.224. The van der Waals surface area contributed by atoms with Crippen LogP contribution < -0.4 is 10.1 Å². The third-order valence-corrected chi connectivity index (χ3v) is 3.24. The van der Waals surface area contributed by atoms with Gasteiger partial charge in [-0.15, -0.1) is 0 Å². The summed E-state index contributed by atoms with van der Waals surface area (Å²) in [5.41, 5.74) is 0.689. The topological polar surface area (TPSA) is 21.3 Å². The lowest BCUT2D eigenvalue weighted by atomic mass is 10.1. The molecule has 1 unspecified atom stereocenters. The molecule has 104 valence electrons. The molecule has 1 saturated heterocycles. The van der Waals surface area contributed by atoms with Crippen LogP contribution in [0.1, 0.15) is 31.2 Å². The Balaban J connectivity index is 2.04. The van der Waals surface area contributed by atoms with Gasteiger partial charge in [0.15, 0.2) is 0 Å². The zero-order valence-corrected chi connectivity index (χ0v) is 10.8. The second kappa shape index (κ2) is 7.24. The highest BCUT2D eigenvalue weighted by atomic mass is 19.3. The molecular weight excluding hydrogens is 248 g/mol. The van der Waals surface area contributed by atoms with Gasteiger partial charge < -0.3 is 10.1 Å². The molecule has 0 aliphatic carbocycles. The normalized spacial score (nSPS) is 20.7. The maximum atomic E-state index is 12.3.